The van der Waals surface area contributed by atoms with Crippen LogP contribution in [-0.4, -0.2) is 95.6 Å². The first-order valence-corrected chi connectivity index (χ1v) is 15.3. The molecule has 0 fully saturated rings. The Kier molecular flexibility index (Phi) is 13.6. The van der Waals surface area contributed by atoms with Gasteiger partial charge in [-0.25, -0.2) is 0 Å². The molecule has 0 saturated heterocycles. The molecule has 230 valence electrons. The smallest absolute Gasteiger partial charge is 0.313 e. The third-order valence-corrected chi connectivity index (χ3v) is 7.87. The second-order valence-electron chi connectivity index (χ2n) is 9.92. The van der Waals surface area contributed by atoms with Gasteiger partial charge in [0.15, 0.2) is 24.8 Å². The van der Waals surface area contributed by atoms with Crippen LogP contribution in [0.5, 0.6) is 0 Å². The highest BCUT2D eigenvalue weighted by molar-refractivity contribution is 6.01. The van der Waals surface area contributed by atoms with Crippen molar-refractivity contribution in [3.63, 3.8) is 0 Å². The lowest BCUT2D eigenvalue weighted by molar-refractivity contribution is -0.698. The van der Waals surface area contributed by atoms with E-state index in [-0.39, 0.29) is 23.6 Å². The van der Waals surface area contributed by atoms with E-state index in [9.17, 15) is 19.2 Å². The molecule has 0 aliphatic carbocycles. The summed E-state index contributed by atoms with van der Waals surface area (Å²) in [7, 11) is 0. The molecule has 0 radical (unpaired) electrons. The van der Waals surface area contributed by atoms with Gasteiger partial charge in [0.2, 0.25) is 0 Å². The van der Waals surface area contributed by atoms with Crippen LogP contribution in [0.15, 0.2) is 49.1 Å². The van der Waals surface area contributed by atoms with Crippen LogP contribution in [0.1, 0.15) is 67.5 Å². The van der Waals surface area contributed by atoms with Gasteiger partial charge >= 0.3 is 35.7 Å². The van der Waals surface area contributed by atoms with E-state index < -0.39 is 12.1 Å². The highest BCUT2D eigenvalue weighted by Crippen LogP contribution is 2.18. The fraction of sp³-hybridized carbons (Fsp3) is 0.562. The molecule has 0 bridgehead atoms. The van der Waals surface area contributed by atoms with Crippen LogP contribution in [0.25, 0.3) is 11.1 Å². The van der Waals surface area contributed by atoms with E-state index in [1.54, 1.807) is 53.5 Å². The van der Waals surface area contributed by atoms with E-state index in [0.717, 1.165) is 11.1 Å². The third-order valence-electron chi connectivity index (χ3n) is 7.87. The van der Waals surface area contributed by atoms with Crippen molar-refractivity contribution in [1.82, 2.24) is 19.6 Å². The molecule has 0 atom stereocenters. The first kappa shape index (κ1) is 34.4. The monoisotopic (exact) mass is 582 g/mol. The van der Waals surface area contributed by atoms with E-state index in [0.29, 0.717) is 52.4 Å². The molecule has 0 saturated carbocycles. The molecule has 0 unspecified atom stereocenters. The zero-order valence-electron chi connectivity index (χ0n) is 26.7. The minimum atomic E-state index is -0.977. The summed E-state index contributed by atoms with van der Waals surface area (Å²) in [5.41, 5.74) is 1.76. The molecule has 0 spiro atoms. The van der Waals surface area contributed by atoms with Gasteiger partial charge in [0.25, 0.3) is 0 Å². The number of aromatic nitrogens is 2. The van der Waals surface area contributed by atoms with Crippen molar-refractivity contribution in [2.45, 2.75) is 67.5 Å². The van der Waals surface area contributed by atoms with Gasteiger partial charge < -0.3 is 19.6 Å². The van der Waals surface area contributed by atoms with Crippen LogP contribution >= 0.6 is 0 Å². The lowest BCUT2D eigenvalue weighted by atomic mass is 10.1. The van der Waals surface area contributed by atoms with E-state index in [1.807, 2.05) is 79.7 Å². The molecular formula is C32H50N6O4+2. The van der Waals surface area contributed by atoms with Crippen molar-refractivity contribution in [3.8, 4) is 11.1 Å². The average molecular weight is 583 g/mol. The maximum Gasteiger partial charge on any atom is 0.313 e. The van der Waals surface area contributed by atoms with Crippen LogP contribution in [0.4, 0.5) is 0 Å². The van der Waals surface area contributed by atoms with Crippen molar-refractivity contribution < 1.29 is 28.3 Å². The minimum Gasteiger partial charge on any atom is -0.337 e. The van der Waals surface area contributed by atoms with Gasteiger partial charge in [-0.1, -0.05) is 0 Å². The van der Waals surface area contributed by atoms with Gasteiger partial charge in [-0.15, -0.1) is 0 Å². The average Bonchev–Trinajstić information content (AvgIpc) is 3.00. The fourth-order valence-corrected chi connectivity index (χ4v) is 5.16. The topological polar surface area (TPSA) is 89.0 Å². The summed E-state index contributed by atoms with van der Waals surface area (Å²) < 4.78 is 3.35. The molecule has 2 rings (SSSR count). The number of pyridine rings is 2. The standard InChI is InChI=1S/C32H50N6O4/c1-9-33(10-2)29(39)27(30(40)34(11-3)12-4)37-21-17-25(18-22-37)26-19-23-38(24-20-26)28(31(41)35(13-5)14-6)32(42)36(15-7)16-8/h17-24,27-28H,9-16H2,1-8H3/q+2. The van der Waals surface area contributed by atoms with Gasteiger partial charge in [0.1, 0.15) is 0 Å². The molecule has 2 heterocycles. The van der Waals surface area contributed by atoms with Crippen molar-refractivity contribution in [1.29, 1.82) is 0 Å². The highest BCUT2D eigenvalue weighted by Gasteiger charge is 2.41. The van der Waals surface area contributed by atoms with Gasteiger partial charge in [0, 0.05) is 76.6 Å². The van der Waals surface area contributed by atoms with Crippen LogP contribution in [0.3, 0.4) is 0 Å². The summed E-state index contributed by atoms with van der Waals surface area (Å²) in [6, 6.07) is 5.54. The van der Waals surface area contributed by atoms with E-state index in [1.165, 1.54) is 0 Å². The SMILES string of the molecule is CCN(CC)C(=O)C(C(=O)N(CC)CC)[n+]1ccc(-c2cc[n+](C(C(=O)N(CC)CC)C(=O)N(CC)CC)cc2)cc1. The second-order valence-corrected chi connectivity index (χ2v) is 9.92. The Labute approximate surface area is 251 Å². The number of carbonyl (C=O) groups is 4. The summed E-state index contributed by atoms with van der Waals surface area (Å²) in [5, 5.41) is 0. The normalized spacial score (nSPS) is 11.0. The Balaban J connectivity index is 2.46. The number of rotatable bonds is 15. The molecule has 10 heteroatoms. The maximum atomic E-state index is 13.4. The Morgan fingerprint density at radius 3 is 0.810 bits per heavy atom. The van der Waals surface area contributed by atoms with E-state index in [2.05, 4.69) is 0 Å². The number of nitrogens with zero attached hydrogens (tertiary/aromatic N) is 6. The Morgan fingerprint density at radius 2 is 0.643 bits per heavy atom. The number of likely N-dealkylation sites (N-methyl/N-ethyl adjacent to an activating group) is 4. The third kappa shape index (κ3) is 7.72. The lowest BCUT2D eigenvalue weighted by Crippen LogP contribution is -2.57. The van der Waals surface area contributed by atoms with Crippen LogP contribution < -0.4 is 9.13 Å². The Bertz CT molecular complexity index is 1030. The van der Waals surface area contributed by atoms with Crippen LogP contribution in [0.2, 0.25) is 0 Å². The zero-order chi connectivity index (χ0) is 31.4. The van der Waals surface area contributed by atoms with Crippen molar-refractivity contribution in [2.75, 3.05) is 52.4 Å². The Hall–Kier alpha value is -3.82. The largest absolute Gasteiger partial charge is 0.337 e. The first-order valence-electron chi connectivity index (χ1n) is 15.3. The number of hydrogen-bond donors (Lipinski definition) is 0. The number of hydrogen-bond acceptors (Lipinski definition) is 4. The molecular weight excluding hydrogens is 532 g/mol. The molecule has 2 aromatic heterocycles. The lowest BCUT2D eigenvalue weighted by Gasteiger charge is -2.26. The molecule has 0 aliphatic heterocycles. The van der Waals surface area contributed by atoms with Crippen LogP contribution in [-0.2, 0) is 19.2 Å². The van der Waals surface area contributed by atoms with Crippen molar-refractivity contribution >= 4 is 23.6 Å². The van der Waals surface area contributed by atoms with Crippen molar-refractivity contribution in [2.24, 2.45) is 0 Å². The van der Waals surface area contributed by atoms with E-state index in [4.69, 9.17) is 0 Å². The number of amides is 4. The van der Waals surface area contributed by atoms with E-state index >= 15 is 0 Å². The molecule has 10 nitrogen and oxygen atoms in total. The summed E-state index contributed by atoms with van der Waals surface area (Å²) in [5.74, 6) is -0.899. The minimum absolute atomic E-state index is 0.225. The summed E-state index contributed by atoms with van der Waals surface area (Å²) in [6.07, 6.45) is 7.06. The molecule has 0 N–H and O–H groups in total. The molecule has 0 aliphatic rings. The number of carbonyl (C=O) groups excluding carboxylic acids is 4. The van der Waals surface area contributed by atoms with Gasteiger partial charge in [-0.05, 0) is 66.5 Å². The zero-order valence-corrected chi connectivity index (χ0v) is 26.7. The predicted molar refractivity (Wildman–Crippen MR) is 162 cm³/mol. The molecule has 42 heavy (non-hydrogen) atoms. The summed E-state index contributed by atoms with van der Waals surface area (Å²) in [4.78, 5) is 60.4. The summed E-state index contributed by atoms with van der Waals surface area (Å²) in [6.45, 7) is 19.4. The summed E-state index contributed by atoms with van der Waals surface area (Å²) >= 11 is 0. The first-order chi connectivity index (χ1) is 20.2. The Morgan fingerprint density at radius 1 is 0.452 bits per heavy atom. The fourth-order valence-electron chi connectivity index (χ4n) is 5.16. The predicted octanol–water partition coefficient (Wildman–Crippen LogP) is 2.48. The molecule has 4 amide bonds. The molecule has 0 aromatic carbocycles. The van der Waals surface area contributed by atoms with Gasteiger partial charge in [-0.3, -0.25) is 19.2 Å². The molecule has 2 aromatic rings. The van der Waals surface area contributed by atoms with Crippen LogP contribution in [0, 0.1) is 0 Å². The maximum absolute atomic E-state index is 13.4. The van der Waals surface area contributed by atoms with Crippen molar-refractivity contribution in [3.05, 3.63) is 49.1 Å². The highest BCUT2D eigenvalue weighted by atomic mass is 16.2. The quantitative estimate of drug-likeness (QED) is 0.239. The second kappa shape index (κ2) is 16.6. The van der Waals surface area contributed by atoms with Gasteiger partial charge in [0.05, 0.1) is 0 Å². The van der Waals surface area contributed by atoms with Gasteiger partial charge in [-0.2, -0.15) is 9.13 Å².